The first-order valence-corrected chi connectivity index (χ1v) is 19.4. The highest BCUT2D eigenvalue weighted by molar-refractivity contribution is 5.94. The molecule has 0 aliphatic carbocycles. The number of anilines is 1. The molecule has 4 aromatic rings. The number of hydrogen-bond acceptors (Lipinski definition) is 12. The maximum atomic E-state index is 14.8. The van der Waals surface area contributed by atoms with E-state index in [2.05, 4.69) is 34.8 Å². The van der Waals surface area contributed by atoms with E-state index in [4.69, 9.17) is 23.7 Å². The van der Waals surface area contributed by atoms with Gasteiger partial charge < -0.3 is 48.9 Å². The van der Waals surface area contributed by atoms with Gasteiger partial charge in [-0.1, -0.05) is 19.1 Å². The van der Waals surface area contributed by atoms with E-state index in [1.165, 1.54) is 35.0 Å². The summed E-state index contributed by atoms with van der Waals surface area (Å²) in [5, 5.41) is 23.3. The Morgan fingerprint density at radius 1 is 0.879 bits per heavy atom. The van der Waals surface area contributed by atoms with Gasteiger partial charge in [0.15, 0.2) is 0 Å². The number of fused-ring (bicyclic) bond motifs is 1. The van der Waals surface area contributed by atoms with Crippen molar-refractivity contribution >= 4 is 28.5 Å². The van der Waals surface area contributed by atoms with Crippen LogP contribution in [-0.2, 0) is 41.6 Å². The fraction of sp³-hybridized carbons (Fsp3) is 0.525. The first-order chi connectivity index (χ1) is 28.1. The first kappa shape index (κ1) is 45.8. The third-order valence-electron chi connectivity index (χ3n) is 8.88. The number of aromatic carboxylic acids is 1. The average Bonchev–Trinajstić information content (AvgIpc) is 3.68. The van der Waals surface area contributed by atoms with Gasteiger partial charge in [0.05, 0.1) is 83.5 Å². The van der Waals surface area contributed by atoms with Crippen LogP contribution in [0.2, 0.25) is 0 Å². The number of halogens is 2. The summed E-state index contributed by atoms with van der Waals surface area (Å²) >= 11 is 0. The molecule has 58 heavy (non-hydrogen) atoms. The van der Waals surface area contributed by atoms with E-state index < -0.39 is 28.6 Å². The number of pyridine rings is 1. The molecule has 2 aromatic carbocycles. The zero-order valence-corrected chi connectivity index (χ0v) is 33.4. The summed E-state index contributed by atoms with van der Waals surface area (Å²) in [5.41, 5.74) is 0.757. The molecule has 0 saturated carbocycles. The normalized spacial score (nSPS) is 12.8. The highest BCUT2D eigenvalue weighted by atomic mass is 19.1. The van der Waals surface area contributed by atoms with Gasteiger partial charge >= 0.3 is 5.97 Å². The predicted molar refractivity (Wildman–Crippen MR) is 213 cm³/mol. The molecule has 0 atom stereocenters. The van der Waals surface area contributed by atoms with Crippen LogP contribution in [0.3, 0.4) is 0 Å². The van der Waals surface area contributed by atoms with Crippen molar-refractivity contribution in [2.24, 2.45) is 5.92 Å². The number of carbonyl (C=O) groups excluding carboxylic acids is 1. The molecule has 18 heteroatoms. The van der Waals surface area contributed by atoms with E-state index in [1.807, 2.05) is 15.8 Å². The maximum Gasteiger partial charge on any atom is 0.341 e. The van der Waals surface area contributed by atoms with Crippen molar-refractivity contribution in [2.45, 2.75) is 39.8 Å². The number of carbonyl (C=O) groups is 2. The lowest BCUT2D eigenvalue weighted by Crippen LogP contribution is -2.43. The molecule has 318 valence electrons. The van der Waals surface area contributed by atoms with Gasteiger partial charge in [0.2, 0.25) is 11.3 Å². The summed E-state index contributed by atoms with van der Waals surface area (Å²) in [6.07, 6.45) is 4.57. The Bertz CT molecular complexity index is 1920. The monoisotopic (exact) mass is 815 g/mol. The van der Waals surface area contributed by atoms with Crippen LogP contribution < -0.4 is 21.0 Å². The molecule has 0 bridgehead atoms. The van der Waals surface area contributed by atoms with E-state index in [9.17, 15) is 28.3 Å². The molecule has 1 aliphatic heterocycles. The average molecular weight is 816 g/mol. The number of nitrogens with one attached hydrogen (secondary N) is 2. The van der Waals surface area contributed by atoms with Crippen molar-refractivity contribution in [3.8, 4) is 5.69 Å². The summed E-state index contributed by atoms with van der Waals surface area (Å²) in [6, 6.07) is 8.05. The Morgan fingerprint density at radius 3 is 2.07 bits per heavy atom. The molecule has 3 N–H and O–H groups in total. The second kappa shape index (κ2) is 24.8. The standard InChI is InChI=1S/C20H17F2N3O3.C20H38N4O6/c21-12-1-3-13(4-2-12)25-11-15(20(27)28)19(26)14-9-16(22)18(10-17(14)25)24-7-5-23-6-8-24;1-18(2)4-6-24-16-19(22-23-24)17-30-15-14-29-13-12-28-11-10-27-9-8-26-7-5-20(25)21-3/h1-4,9-11,23H,5-8H2,(H,27,28);16,18H,4-15,17H2,1-3H3,(H,21,25). The Morgan fingerprint density at radius 2 is 1.48 bits per heavy atom. The van der Waals surface area contributed by atoms with E-state index >= 15 is 0 Å². The van der Waals surface area contributed by atoms with E-state index in [0.29, 0.717) is 121 Å². The van der Waals surface area contributed by atoms with Crippen LogP contribution in [0.4, 0.5) is 14.5 Å². The van der Waals surface area contributed by atoms with Gasteiger partial charge in [-0.15, -0.1) is 5.10 Å². The lowest BCUT2D eigenvalue weighted by atomic mass is 10.1. The van der Waals surface area contributed by atoms with Crippen molar-refractivity contribution in [2.75, 3.05) is 97.6 Å². The van der Waals surface area contributed by atoms with Crippen molar-refractivity contribution < 1.29 is 47.2 Å². The van der Waals surface area contributed by atoms with Crippen LogP contribution in [0.5, 0.6) is 0 Å². The number of amides is 1. The Hall–Kier alpha value is -4.85. The number of aryl methyl sites for hydroxylation is 1. The maximum absolute atomic E-state index is 14.8. The molecule has 0 radical (unpaired) electrons. The fourth-order valence-corrected chi connectivity index (χ4v) is 5.70. The van der Waals surface area contributed by atoms with Gasteiger partial charge in [-0.05, 0) is 48.7 Å². The molecule has 1 aliphatic rings. The highest BCUT2D eigenvalue weighted by Gasteiger charge is 2.21. The number of nitrogens with zero attached hydrogens (tertiary/aromatic N) is 5. The second-order valence-corrected chi connectivity index (χ2v) is 13.7. The van der Waals surface area contributed by atoms with Gasteiger partial charge in [0.25, 0.3) is 0 Å². The Kier molecular flexibility index (Phi) is 19.6. The number of piperazine rings is 1. The Labute approximate surface area is 336 Å². The van der Waals surface area contributed by atoms with Crippen LogP contribution in [0.1, 0.15) is 42.7 Å². The molecular weight excluding hydrogens is 760 g/mol. The molecule has 3 heterocycles. The number of ether oxygens (including phenoxy) is 5. The molecule has 2 aromatic heterocycles. The quantitative estimate of drug-likeness (QED) is 0.0929. The molecule has 0 spiro atoms. The smallest absolute Gasteiger partial charge is 0.341 e. The molecular formula is C40H55F2N7O9. The second-order valence-electron chi connectivity index (χ2n) is 13.7. The summed E-state index contributed by atoms with van der Waals surface area (Å²) in [4.78, 5) is 37.0. The van der Waals surface area contributed by atoms with Crippen molar-refractivity contribution in [3.63, 3.8) is 0 Å². The van der Waals surface area contributed by atoms with Crippen molar-refractivity contribution in [1.82, 2.24) is 30.2 Å². The molecule has 0 unspecified atom stereocenters. The molecule has 1 saturated heterocycles. The van der Waals surface area contributed by atoms with Gasteiger partial charge in [-0.25, -0.2) is 13.6 Å². The van der Waals surface area contributed by atoms with Crippen LogP contribution in [-0.4, -0.2) is 129 Å². The molecule has 16 nitrogen and oxygen atoms in total. The minimum absolute atomic E-state index is 0.0281. The van der Waals surface area contributed by atoms with Gasteiger partial charge in [-0.2, -0.15) is 0 Å². The van der Waals surface area contributed by atoms with Crippen molar-refractivity contribution in [3.05, 3.63) is 81.9 Å². The third kappa shape index (κ3) is 15.1. The number of carboxylic acid groups (broad SMARTS) is 1. The molecule has 1 amide bonds. The topological polar surface area (TPSA) is 181 Å². The van der Waals surface area contributed by atoms with E-state index in [0.717, 1.165) is 24.7 Å². The summed E-state index contributed by atoms with van der Waals surface area (Å²) in [7, 11) is 1.61. The van der Waals surface area contributed by atoms with Crippen LogP contribution in [0.25, 0.3) is 16.6 Å². The van der Waals surface area contributed by atoms with Crippen molar-refractivity contribution in [1.29, 1.82) is 0 Å². The zero-order chi connectivity index (χ0) is 41.7. The number of rotatable bonds is 23. The first-order valence-electron chi connectivity index (χ1n) is 19.4. The number of carboxylic acids is 1. The summed E-state index contributed by atoms with van der Waals surface area (Å²) in [6.45, 7) is 12.7. The Balaban J connectivity index is 0.000000257. The van der Waals surface area contributed by atoms with E-state index in [-0.39, 0.29) is 11.3 Å². The van der Waals surface area contributed by atoms with Crippen LogP contribution in [0.15, 0.2) is 53.6 Å². The number of aromatic nitrogens is 4. The minimum atomic E-state index is -1.41. The summed E-state index contributed by atoms with van der Waals surface area (Å²) < 4.78 is 58.5. The lowest BCUT2D eigenvalue weighted by Gasteiger charge is -2.30. The third-order valence-corrected chi connectivity index (χ3v) is 8.88. The minimum Gasteiger partial charge on any atom is -0.477 e. The van der Waals surface area contributed by atoms with Crippen LogP contribution >= 0.6 is 0 Å². The fourth-order valence-electron chi connectivity index (χ4n) is 5.70. The van der Waals surface area contributed by atoms with Gasteiger partial charge in [-0.3, -0.25) is 14.3 Å². The molecule has 1 fully saturated rings. The SMILES string of the molecule is CNC(=O)CCOCCOCCOCCOCCOCc1cn(CCC(C)C)nn1.O=C(O)c1cn(-c2ccc(F)cc2)c2cc(N3CCNCC3)c(F)cc2c1=O. The van der Waals surface area contributed by atoms with E-state index in [1.54, 1.807) is 13.1 Å². The van der Waals surface area contributed by atoms with Gasteiger partial charge in [0, 0.05) is 63.5 Å². The highest BCUT2D eigenvalue weighted by Crippen LogP contribution is 2.27. The largest absolute Gasteiger partial charge is 0.477 e. The van der Waals surface area contributed by atoms with Crippen LogP contribution in [0, 0.1) is 17.6 Å². The lowest BCUT2D eigenvalue weighted by molar-refractivity contribution is -0.121. The van der Waals surface area contributed by atoms with Gasteiger partial charge in [0.1, 0.15) is 22.9 Å². The number of benzene rings is 2. The zero-order valence-electron chi connectivity index (χ0n) is 33.4. The predicted octanol–water partition coefficient (Wildman–Crippen LogP) is 3.42. The summed E-state index contributed by atoms with van der Waals surface area (Å²) in [5.74, 6) is -1.82. The number of hydrogen-bond donors (Lipinski definition) is 3. The molecule has 5 rings (SSSR count).